The molecule has 0 radical (unpaired) electrons. The van der Waals surface area contributed by atoms with Crippen molar-refractivity contribution in [1.82, 2.24) is 0 Å². The van der Waals surface area contributed by atoms with Gasteiger partial charge in [0.15, 0.2) is 6.29 Å². The Hall–Kier alpha value is -0.320. The molecule has 0 saturated carbocycles. The first-order valence-electron chi connectivity index (χ1n) is 8.05. The molecule has 8 heteroatoms. The summed E-state index contributed by atoms with van der Waals surface area (Å²) < 4.78 is 28.2. The van der Waals surface area contributed by atoms with Crippen molar-refractivity contribution < 1.29 is 39.0 Å². The lowest BCUT2D eigenvalue weighted by Gasteiger charge is -2.45. The lowest BCUT2D eigenvalue weighted by atomic mass is 9.90. The van der Waals surface area contributed by atoms with Crippen LogP contribution in [0.15, 0.2) is 0 Å². The van der Waals surface area contributed by atoms with Gasteiger partial charge in [-0.05, 0) is 6.92 Å². The molecule has 10 atom stereocenters. The van der Waals surface area contributed by atoms with Gasteiger partial charge in [-0.25, -0.2) is 0 Å². The minimum atomic E-state index is -1.01. The Morgan fingerprint density at radius 1 is 1.09 bits per heavy atom. The Morgan fingerprint density at radius 3 is 2.48 bits per heavy atom. The summed E-state index contributed by atoms with van der Waals surface area (Å²) in [6.45, 7) is 3.76. The smallest absolute Gasteiger partial charge is 0.187 e. The van der Waals surface area contributed by atoms with Crippen LogP contribution < -0.4 is 0 Å². The van der Waals surface area contributed by atoms with E-state index in [0.29, 0.717) is 6.61 Å². The van der Waals surface area contributed by atoms with Gasteiger partial charge in [0.1, 0.15) is 30.5 Å². The summed E-state index contributed by atoms with van der Waals surface area (Å²) in [6, 6.07) is 0. The quantitative estimate of drug-likeness (QED) is 0.579. The standard InChI is InChI=1S/C15H26O8/c1-6-8(4-16)22-15(11(18)12(6)19-3)23-13-9-5-20-14(13)10(17)7(2)21-9/h6-18H,4-5H2,1-3H3/t6-,7+,8?,9-,10?,11?,12-,13+,14?,15-/m0/s1. The number of ether oxygens (including phenoxy) is 5. The van der Waals surface area contributed by atoms with E-state index >= 15 is 0 Å². The normalized spacial score (nSPS) is 53.5. The summed E-state index contributed by atoms with van der Waals surface area (Å²) in [5.74, 6) is -0.180. The predicted molar refractivity (Wildman–Crippen MR) is 76.7 cm³/mol. The van der Waals surface area contributed by atoms with Crippen LogP contribution in [0, 0.1) is 5.92 Å². The van der Waals surface area contributed by atoms with E-state index in [2.05, 4.69) is 0 Å². The van der Waals surface area contributed by atoms with Gasteiger partial charge in [-0.3, -0.25) is 0 Å². The molecule has 3 fully saturated rings. The maximum atomic E-state index is 10.5. The molecule has 0 amide bonds. The zero-order valence-corrected chi connectivity index (χ0v) is 13.6. The zero-order chi connectivity index (χ0) is 16.7. The van der Waals surface area contributed by atoms with Crippen LogP contribution in [0.3, 0.4) is 0 Å². The Labute approximate surface area is 135 Å². The van der Waals surface area contributed by atoms with Crippen LogP contribution in [0.2, 0.25) is 0 Å². The molecule has 0 aliphatic carbocycles. The van der Waals surface area contributed by atoms with Gasteiger partial charge in [-0.1, -0.05) is 6.92 Å². The molecule has 3 aliphatic rings. The van der Waals surface area contributed by atoms with Gasteiger partial charge in [0.2, 0.25) is 0 Å². The van der Waals surface area contributed by atoms with Crippen LogP contribution in [0.5, 0.6) is 0 Å². The first-order chi connectivity index (χ1) is 11.0. The highest BCUT2D eigenvalue weighted by molar-refractivity contribution is 4.98. The second-order valence-electron chi connectivity index (χ2n) is 6.54. The largest absolute Gasteiger partial charge is 0.394 e. The van der Waals surface area contributed by atoms with E-state index in [-0.39, 0.29) is 24.7 Å². The van der Waals surface area contributed by atoms with Crippen LogP contribution in [-0.4, -0.2) is 90.8 Å². The molecule has 0 spiro atoms. The van der Waals surface area contributed by atoms with Crippen LogP contribution in [0.4, 0.5) is 0 Å². The topological polar surface area (TPSA) is 107 Å². The van der Waals surface area contributed by atoms with Gasteiger partial charge in [0, 0.05) is 13.0 Å². The Kier molecular flexibility index (Phi) is 5.24. The molecule has 0 aromatic rings. The molecular formula is C15H26O8. The Morgan fingerprint density at radius 2 is 1.83 bits per heavy atom. The fourth-order valence-electron chi connectivity index (χ4n) is 3.69. The lowest BCUT2D eigenvalue weighted by molar-refractivity contribution is -0.321. The lowest BCUT2D eigenvalue weighted by Crippen LogP contribution is -2.60. The first kappa shape index (κ1) is 17.5. The fourth-order valence-corrected chi connectivity index (χ4v) is 3.69. The molecule has 8 nitrogen and oxygen atoms in total. The highest BCUT2D eigenvalue weighted by Gasteiger charge is 2.53. The minimum Gasteiger partial charge on any atom is -0.394 e. The van der Waals surface area contributed by atoms with Crippen molar-refractivity contribution in [3.8, 4) is 0 Å². The SMILES string of the molecule is CO[C@@H]1C(O)[C@H](O[C@H]2C3OC[C@@H]2O[C@H](C)C3O)OC(CO)[C@@H]1C. The van der Waals surface area contributed by atoms with Crippen molar-refractivity contribution in [3.63, 3.8) is 0 Å². The van der Waals surface area contributed by atoms with E-state index < -0.39 is 42.9 Å². The number of aliphatic hydroxyl groups excluding tert-OH is 3. The minimum absolute atomic E-state index is 0.180. The highest BCUT2D eigenvalue weighted by atomic mass is 16.7. The molecule has 23 heavy (non-hydrogen) atoms. The molecular weight excluding hydrogens is 308 g/mol. The predicted octanol–water partition coefficient (Wildman–Crippen LogP) is -1.35. The first-order valence-corrected chi connectivity index (χ1v) is 8.05. The molecule has 4 unspecified atom stereocenters. The molecule has 0 aromatic carbocycles. The van der Waals surface area contributed by atoms with Crippen molar-refractivity contribution in [2.75, 3.05) is 20.3 Å². The zero-order valence-electron chi connectivity index (χ0n) is 13.6. The molecule has 2 bridgehead atoms. The van der Waals surface area contributed by atoms with Crippen molar-refractivity contribution >= 4 is 0 Å². The molecule has 0 aromatic heterocycles. The Bertz CT molecular complexity index is 407. The second kappa shape index (κ2) is 6.89. The number of rotatable bonds is 4. The van der Waals surface area contributed by atoms with Gasteiger partial charge in [0.05, 0.1) is 31.5 Å². The third-order valence-corrected chi connectivity index (χ3v) is 5.12. The molecule has 3 aliphatic heterocycles. The molecule has 3 saturated heterocycles. The van der Waals surface area contributed by atoms with Crippen LogP contribution >= 0.6 is 0 Å². The van der Waals surface area contributed by atoms with E-state index in [1.807, 2.05) is 6.92 Å². The van der Waals surface area contributed by atoms with E-state index in [0.717, 1.165) is 0 Å². The molecule has 3 rings (SSSR count). The number of methoxy groups -OCH3 is 1. The molecule has 3 heterocycles. The summed E-state index contributed by atoms with van der Waals surface area (Å²) in [7, 11) is 1.50. The van der Waals surface area contributed by atoms with Gasteiger partial charge in [0.25, 0.3) is 0 Å². The number of hydrogen-bond acceptors (Lipinski definition) is 8. The second-order valence-corrected chi connectivity index (χ2v) is 6.54. The fraction of sp³-hybridized carbons (Fsp3) is 1.00. The van der Waals surface area contributed by atoms with Crippen molar-refractivity contribution in [2.45, 2.75) is 69.0 Å². The summed E-state index contributed by atoms with van der Waals surface area (Å²) in [5, 5.41) is 30.1. The third-order valence-electron chi connectivity index (χ3n) is 5.12. The number of aliphatic hydroxyl groups is 3. The van der Waals surface area contributed by atoms with Crippen molar-refractivity contribution in [2.24, 2.45) is 5.92 Å². The van der Waals surface area contributed by atoms with Gasteiger partial charge < -0.3 is 39.0 Å². The average molecular weight is 334 g/mol. The van der Waals surface area contributed by atoms with Crippen LogP contribution in [0.25, 0.3) is 0 Å². The summed E-state index contributed by atoms with van der Waals surface area (Å²) in [4.78, 5) is 0. The van der Waals surface area contributed by atoms with E-state index in [4.69, 9.17) is 23.7 Å². The highest BCUT2D eigenvalue weighted by Crippen LogP contribution is 2.35. The van der Waals surface area contributed by atoms with Gasteiger partial charge in [-0.2, -0.15) is 0 Å². The molecule has 3 N–H and O–H groups in total. The summed E-state index contributed by atoms with van der Waals surface area (Å²) >= 11 is 0. The summed E-state index contributed by atoms with van der Waals surface area (Å²) in [6.07, 6.45) is -5.51. The molecule has 134 valence electrons. The van der Waals surface area contributed by atoms with Crippen molar-refractivity contribution in [3.05, 3.63) is 0 Å². The van der Waals surface area contributed by atoms with Crippen LogP contribution in [0.1, 0.15) is 13.8 Å². The monoisotopic (exact) mass is 334 g/mol. The van der Waals surface area contributed by atoms with E-state index in [1.165, 1.54) is 7.11 Å². The third kappa shape index (κ3) is 3.03. The van der Waals surface area contributed by atoms with E-state index in [1.54, 1.807) is 6.92 Å². The van der Waals surface area contributed by atoms with Gasteiger partial charge >= 0.3 is 0 Å². The van der Waals surface area contributed by atoms with Crippen molar-refractivity contribution in [1.29, 1.82) is 0 Å². The average Bonchev–Trinajstić information content (AvgIpc) is 2.84. The van der Waals surface area contributed by atoms with E-state index in [9.17, 15) is 15.3 Å². The van der Waals surface area contributed by atoms with Crippen LogP contribution in [-0.2, 0) is 23.7 Å². The maximum absolute atomic E-state index is 10.5. The number of fused-ring (bicyclic) bond motifs is 2. The van der Waals surface area contributed by atoms with Gasteiger partial charge in [-0.15, -0.1) is 0 Å². The Balaban J connectivity index is 1.72. The maximum Gasteiger partial charge on any atom is 0.187 e. The summed E-state index contributed by atoms with van der Waals surface area (Å²) in [5.41, 5.74) is 0. The number of hydrogen-bond donors (Lipinski definition) is 3.